The minimum Gasteiger partial charge on any atom is -0.486 e. The second-order valence-corrected chi connectivity index (χ2v) is 6.85. The van der Waals surface area contributed by atoms with Crippen molar-refractivity contribution in [3.05, 3.63) is 58.1 Å². The van der Waals surface area contributed by atoms with Gasteiger partial charge in [-0.15, -0.1) is 0 Å². The third-order valence-electron chi connectivity index (χ3n) is 4.22. The number of benzene rings is 2. The maximum absolute atomic E-state index is 6.13. The third-order valence-corrected chi connectivity index (χ3v) is 4.72. The van der Waals surface area contributed by atoms with Gasteiger partial charge in [-0.3, -0.25) is 9.67 Å². The summed E-state index contributed by atoms with van der Waals surface area (Å²) in [7, 11) is 0. The Balaban J connectivity index is 1.71. The lowest BCUT2D eigenvalue weighted by Gasteiger charge is -2.21. The molecule has 0 saturated heterocycles. The zero-order chi connectivity index (χ0) is 18.8. The predicted molar refractivity (Wildman–Crippen MR) is 105 cm³/mol. The number of aromatic nitrogens is 3. The summed E-state index contributed by atoms with van der Waals surface area (Å²) < 4.78 is 19.7. The van der Waals surface area contributed by atoms with E-state index in [-0.39, 0.29) is 6.10 Å². The van der Waals surface area contributed by atoms with Gasteiger partial charge in [0.25, 0.3) is 0 Å². The molecule has 1 aliphatic heterocycles. The van der Waals surface area contributed by atoms with Gasteiger partial charge in [-0.25, -0.2) is 0 Å². The number of hydrogen-bond acceptors (Lipinski definition) is 5. The monoisotopic (exact) mass is 403 g/mol. The van der Waals surface area contributed by atoms with Crippen LogP contribution >= 0.6 is 23.8 Å². The van der Waals surface area contributed by atoms with Crippen LogP contribution in [-0.4, -0.2) is 28.0 Å². The van der Waals surface area contributed by atoms with E-state index in [1.165, 1.54) is 0 Å². The van der Waals surface area contributed by atoms with Crippen molar-refractivity contribution < 1.29 is 14.2 Å². The molecule has 27 heavy (non-hydrogen) atoms. The molecule has 0 saturated carbocycles. The van der Waals surface area contributed by atoms with Gasteiger partial charge in [-0.2, -0.15) is 5.10 Å². The number of nitrogens with zero attached hydrogens (tertiary/aromatic N) is 2. The van der Waals surface area contributed by atoms with E-state index in [0.29, 0.717) is 46.8 Å². The average molecular weight is 404 g/mol. The minimum atomic E-state index is -0.301. The Morgan fingerprint density at radius 1 is 1.22 bits per heavy atom. The molecule has 1 atom stereocenters. The molecule has 3 aromatic rings. The van der Waals surface area contributed by atoms with Crippen LogP contribution in [0.5, 0.6) is 17.2 Å². The highest BCUT2D eigenvalue weighted by Gasteiger charge is 2.22. The van der Waals surface area contributed by atoms with E-state index in [2.05, 4.69) is 10.2 Å². The van der Waals surface area contributed by atoms with Crippen LogP contribution < -0.4 is 14.2 Å². The third kappa shape index (κ3) is 3.65. The predicted octanol–water partition coefficient (Wildman–Crippen LogP) is 4.88. The molecule has 140 valence electrons. The molecule has 0 unspecified atom stereocenters. The Morgan fingerprint density at radius 2 is 2.04 bits per heavy atom. The summed E-state index contributed by atoms with van der Waals surface area (Å²) >= 11 is 11.5. The van der Waals surface area contributed by atoms with Crippen molar-refractivity contribution >= 4 is 23.8 Å². The zero-order valence-corrected chi connectivity index (χ0v) is 16.2. The first-order valence-corrected chi connectivity index (χ1v) is 9.44. The maximum Gasteiger partial charge on any atom is 0.199 e. The van der Waals surface area contributed by atoms with E-state index in [0.717, 1.165) is 11.4 Å². The Hall–Kier alpha value is -2.51. The summed E-state index contributed by atoms with van der Waals surface area (Å²) in [6.45, 7) is 3.10. The van der Waals surface area contributed by atoms with Gasteiger partial charge in [0, 0.05) is 11.1 Å². The van der Waals surface area contributed by atoms with E-state index in [1.54, 1.807) is 12.1 Å². The second kappa shape index (κ2) is 7.62. The SMILES string of the molecule is CC[C@H](Oc1cccc(Cl)c1)c1n[nH]c(=S)n1-c1ccc2c(c1)OCCO2. The maximum atomic E-state index is 6.13. The number of rotatable bonds is 5. The lowest BCUT2D eigenvalue weighted by atomic mass is 10.2. The van der Waals surface area contributed by atoms with Crippen LogP contribution in [0, 0.1) is 4.77 Å². The molecule has 0 radical (unpaired) electrons. The zero-order valence-electron chi connectivity index (χ0n) is 14.6. The molecule has 1 N–H and O–H groups in total. The van der Waals surface area contributed by atoms with Gasteiger partial charge in [-0.05, 0) is 49.0 Å². The molecule has 6 nitrogen and oxygen atoms in total. The smallest absolute Gasteiger partial charge is 0.199 e. The normalized spacial score (nSPS) is 14.0. The summed E-state index contributed by atoms with van der Waals surface area (Å²) in [4.78, 5) is 0. The van der Waals surface area contributed by atoms with Crippen molar-refractivity contribution in [3.63, 3.8) is 0 Å². The van der Waals surface area contributed by atoms with Crippen LogP contribution in [0.2, 0.25) is 5.02 Å². The number of halogens is 1. The highest BCUT2D eigenvalue weighted by molar-refractivity contribution is 7.71. The van der Waals surface area contributed by atoms with Gasteiger partial charge < -0.3 is 14.2 Å². The van der Waals surface area contributed by atoms with Crippen molar-refractivity contribution in [2.24, 2.45) is 0 Å². The molecule has 8 heteroatoms. The van der Waals surface area contributed by atoms with Crippen molar-refractivity contribution in [2.45, 2.75) is 19.4 Å². The molecule has 0 bridgehead atoms. The molecule has 1 aromatic heterocycles. The van der Waals surface area contributed by atoms with E-state index < -0.39 is 0 Å². The van der Waals surface area contributed by atoms with E-state index >= 15 is 0 Å². The molecule has 0 aliphatic carbocycles. The highest BCUT2D eigenvalue weighted by Crippen LogP contribution is 2.33. The quantitative estimate of drug-likeness (QED) is 0.615. The van der Waals surface area contributed by atoms with Crippen molar-refractivity contribution in [1.82, 2.24) is 14.8 Å². The average Bonchev–Trinajstić information content (AvgIpc) is 3.07. The topological polar surface area (TPSA) is 61.3 Å². The van der Waals surface area contributed by atoms with Crippen LogP contribution in [0.25, 0.3) is 5.69 Å². The molecule has 2 heterocycles. The van der Waals surface area contributed by atoms with Gasteiger partial charge in [0.05, 0.1) is 5.69 Å². The van der Waals surface area contributed by atoms with Gasteiger partial charge >= 0.3 is 0 Å². The van der Waals surface area contributed by atoms with Crippen LogP contribution in [0.15, 0.2) is 42.5 Å². The van der Waals surface area contributed by atoms with Crippen LogP contribution in [0.3, 0.4) is 0 Å². The molecule has 0 amide bonds. The van der Waals surface area contributed by atoms with Gasteiger partial charge in [0.15, 0.2) is 28.2 Å². The number of aromatic amines is 1. The number of hydrogen-bond donors (Lipinski definition) is 1. The van der Waals surface area contributed by atoms with Crippen LogP contribution in [0.1, 0.15) is 25.3 Å². The summed E-state index contributed by atoms with van der Waals surface area (Å²) in [6.07, 6.45) is 0.404. The molecular weight excluding hydrogens is 386 g/mol. The number of nitrogens with one attached hydrogen (secondary N) is 1. The fraction of sp³-hybridized carbons (Fsp3) is 0.263. The van der Waals surface area contributed by atoms with Crippen molar-refractivity contribution in [2.75, 3.05) is 13.2 Å². The Bertz CT molecular complexity index is 1020. The fourth-order valence-corrected chi connectivity index (χ4v) is 3.39. The molecule has 1 aliphatic rings. The summed E-state index contributed by atoms with van der Waals surface area (Å²) in [5.41, 5.74) is 0.834. The lowest BCUT2D eigenvalue weighted by molar-refractivity contribution is 0.171. The summed E-state index contributed by atoms with van der Waals surface area (Å²) in [5.74, 6) is 2.77. The first kappa shape index (κ1) is 17.9. The molecular formula is C19H18ClN3O3S. The molecule has 0 fully saturated rings. The number of ether oxygens (including phenoxy) is 3. The fourth-order valence-electron chi connectivity index (χ4n) is 2.97. The highest BCUT2D eigenvalue weighted by atomic mass is 35.5. The van der Waals surface area contributed by atoms with Gasteiger partial charge in [-0.1, -0.05) is 24.6 Å². The largest absolute Gasteiger partial charge is 0.486 e. The summed E-state index contributed by atoms with van der Waals surface area (Å²) in [6, 6.07) is 13.0. The van der Waals surface area contributed by atoms with Gasteiger partial charge in [0.2, 0.25) is 0 Å². The Morgan fingerprint density at radius 3 is 2.81 bits per heavy atom. The van der Waals surface area contributed by atoms with Crippen LogP contribution in [-0.2, 0) is 0 Å². The van der Waals surface area contributed by atoms with E-state index in [1.807, 2.05) is 41.8 Å². The lowest BCUT2D eigenvalue weighted by Crippen LogP contribution is -2.16. The Labute approximate surface area is 166 Å². The summed E-state index contributed by atoms with van der Waals surface area (Å²) in [5, 5.41) is 7.89. The first-order chi connectivity index (χ1) is 13.2. The first-order valence-electron chi connectivity index (χ1n) is 8.65. The van der Waals surface area contributed by atoms with E-state index in [4.69, 9.17) is 38.0 Å². The van der Waals surface area contributed by atoms with Gasteiger partial charge in [0.1, 0.15) is 19.0 Å². The second-order valence-electron chi connectivity index (χ2n) is 6.02. The standard InChI is InChI=1S/C19H18ClN3O3S/c1-2-15(26-14-5-3-4-12(20)10-14)18-21-22-19(27)23(18)13-6-7-16-17(11-13)25-9-8-24-16/h3-7,10-11,15H,2,8-9H2,1H3,(H,22,27)/t15-/m0/s1. The Kier molecular flexibility index (Phi) is 5.05. The van der Waals surface area contributed by atoms with E-state index in [9.17, 15) is 0 Å². The molecule has 4 rings (SSSR count). The molecule has 2 aromatic carbocycles. The molecule has 0 spiro atoms. The minimum absolute atomic E-state index is 0.301. The van der Waals surface area contributed by atoms with Crippen molar-refractivity contribution in [3.8, 4) is 22.9 Å². The number of fused-ring (bicyclic) bond motifs is 1. The van der Waals surface area contributed by atoms with Crippen molar-refractivity contribution in [1.29, 1.82) is 0 Å². The van der Waals surface area contributed by atoms with Crippen LogP contribution in [0.4, 0.5) is 0 Å². The number of H-pyrrole nitrogens is 1.